The Balaban J connectivity index is 2.57. The molecular formula is C18H29NO2. The molecule has 1 aliphatic rings. The topological polar surface area (TPSA) is 37.4 Å². The zero-order valence-corrected chi connectivity index (χ0v) is 14.2. The molecule has 1 saturated heterocycles. The van der Waals surface area contributed by atoms with Crippen LogP contribution in [0.25, 0.3) is 0 Å². The molecule has 1 heterocycles. The molecule has 1 fully saturated rings. The number of carbonyl (C=O) groups is 2. The second kappa shape index (κ2) is 7.58. The minimum absolute atomic E-state index is 0.0241. The molecule has 0 atom stereocenters. The third-order valence-corrected chi connectivity index (χ3v) is 4.33. The van der Waals surface area contributed by atoms with Crippen molar-refractivity contribution in [2.45, 2.75) is 66.7 Å². The third-order valence-electron chi connectivity index (χ3n) is 4.33. The zero-order valence-electron chi connectivity index (χ0n) is 14.2. The summed E-state index contributed by atoms with van der Waals surface area (Å²) in [6.45, 7) is 10.7. The largest absolute Gasteiger partial charge is 0.279 e. The van der Waals surface area contributed by atoms with Gasteiger partial charge in [-0.25, -0.2) is 0 Å². The first-order valence-electron chi connectivity index (χ1n) is 7.89. The van der Waals surface area contributed by atoms with Crippen molar-refractivity contribution in [1.82, 2.24) is 4.90 Å². The third kappa shape index (κ3) is 5.49. The Bertz CT molecular complexity index is 438. The first-order valence-corrected chi connectivity index (χ1v) is 7.89. The van der Waals surface area contributed by atoms with Gasteiger partial charge in [-0.3, -0.25) is 14.5 Å². The molecule has 1 rings (SSSR count). The quantitative estimate of drug-likeness (QED) is 0.542. The minimum atomic E-state index is -0.146. The molecule has 0 spiro atoms. The van der Waals surface area contributed by atoms with E-state index in [0.717, 1.165) is 19.3 Å². The summed E-state index contributed by atoms with van der Waals surface area (Å²) in [4.78, 5) is 25.7. The highest BCUT2D eigenvalue weighted by molar-refractivity contribution is 5.98. The molecule has 0 N–H and O–H groups in total. The molecule has 0 aromatic carbocycles. The van der Waals surface area contributed by atoms with Gasteiger partial charge in [0.05, 0.1) is 0 Å². The van der Waals surface area contributed by atoms with E-state index in [1.54, 1.807) is 0 Å². The molecule has 0 unspecified atom stereocenters. The Hall–Kier alpha value is -1.38. The fourth-order valence-electron chi connectivity index (χ4n) is 2.51. The fourth-order valence-corrected chi connectivity index (χ4v) is 2.51. The van der Waals surface area contributed by atoms with Gasteiger partial charge in [0.15, 0.2) is 0 Å². The highest BCUT2D eigenvalue weighted by atomic mass is 16.2. The molecule has 1 aliphatic heterocycles. The zero-order chi connectivity index (χ0) is 16.0. The number of amides is 2. The van der Waals surface area contributed by atoms with E-state index in [-0.39, 0.29) is 17.2 Å². The number of rotatable bonds is 6. The van der Waals surface area contributed by atoms with E-state index in [4.69, 9.17) is 0 Å². The fraction of sp³-hybridized carbons (Fsp3) is 0.667. The van der Waals surface area contributed by atoms with Crippen molar-refractivity contribution >= 4 is 11.8 Å². The van der Waals surface area contributed by atoms with E-state index in [0.29, 0.717) is 19.4 Å². The van der Waals surface area contributed by atoms with Crippen LogP contribution in [0.15, 0.2) is 23.3 Å². The minimum Gasteiger partial charge on any atom is -0.279 e. The number of hydrogen-bond acceptors (Lipinski definition) is 2. The van der Waals surface area contributed by atoms with E-state index in [2.05, 4.69) is 26.8 Å². The summed E-state index contributed by atoms with van der Waals surface area (Å²) < 4.78 is 0. The average Bonchev–Trinajstić information content (AvgIpc) is 2.37. The van der Waals surface area contributed by atoms with Gasteiger partial charge in [0.1, 0.15) is 0 Å². The summed E-state index contributed by atoms with van der Waals surface area (Å²) in [6, 6.07) is 0. The van der Waals surface area contributed by atoms with Crippen molar-refractivity contribution in [2.24, 2.45) is 5.41 Å². The van der Waals surface area contributed by atoms with E-state index in [9.17, 15) is 9.59 Å². The maximum Gasteiger partial charge on any atom is 0.230 e. The molecule has 0 saturated carbocycles. The van der Waals surface area contributed by atoms with Crippen LogP contribution in [-0.2, 0) is 9.59 Å². The summed E-state index contributed by atoms with van der Waals surface area (Å²) in [5, 5.41) is 0. The van der Waals surface area contributed by atoms with Crippen LogP contribution in [0.2, 0.25) is 0 Å². The lowest BCUT2D eigenvalue weighted by molar-refractivity contribution is -0.152. The summed E-state index contributed by atoms with van der Waals surface area (Å²) >= 11 is 0. The highest BCUT2D eigenvalue weighted by Crippen LogP contribution is 2.35. The van der Waals surface area contributed by atoms with E-state index in [1.165, 1.54) is 16.0 Å². The number of piperidine rings is 1. The average molecular weight is 291 g/mol. The monoisotopic (exact) mass is 291 g/mol. The first kappa shape index (κ1) is 17.7. The SMILES string of the molecule is CCC1(C)CC(=O)N(CC=C(C)CCC=C(C)C)C(=O)C1. The Kier molecular flexibility index (Phi) is 6.38. The Morgan fingerprint density at radius 3 is 2.19 bits per heavy atom. The van der Waals surface area contributed by atoms with Crippen LogP contribution < -0.4 is 0 Å². The Labute approximate surface area is 129 Å². The van der Waals surface area contributed by atoms with Crippen LogP contribution in [0.3, 0.4) is 0 Å². The van der Waals surface area contributed by atoms with Gasteiger partial charge in [-0.1, -0.05) is 37.1 Å². The number of imide groups is 1. The van der Waals surface area contributed by atoms with E-state index < -0.39 is 0 Å². The van der Waals surface area contributed by atoms with Crippen molar-refractivity contribution in [3.8, 4) is 0 Å². The van der Waals surface area contributed by atoms with Crippen LogP contribution in [0, 0.1) is 5.41 Å². The molecule has 2 amide bonds. The molecule has 0 radical (unpaired) electrons. The van der Waals surface area contributed by atoms with Crippen molar-refractivity contribution in [1.29, 1.82) is 0 Å². The van der Waals surface area contributed by atoms with Crippen molar-refractivity contribution in [3.05, 3.63) is 23.3 Å². The molecular weight excluding hydrogens is 262 g/mol. The van der Waals surface area contributed by atoms with Gasteiger partial charge in [-0.15, -0.1) is 0 Å². The molecule has 118 valence electrons. The number of carbonyl (C=O) groups excluding carboxylic acids is 2. The lowest BCUT2D eigenvalue weighted by atomic mass is 9.77. The van der Waals surface area contributed by atoms with Gasteiger partial charge >= 0.3 is 0 Å². The molecule has 0 bridgehead atoms. The van der Waals surface area contributed by atoms with Crippen LogP contribution in [-0.4, -0.2) is 23.3 Å². The van der Waals surface area contributed by atoms with E-state index in [1.807, 2.05) is 19.9 Å². The van der Waals surface area contributed by atoms with Crippen molar-refractivity contribution < 1.29 is 9.59 Å². The van der Waals surface area contributed by atoms with Gasteiger partial charge in [-0.2, -0.15) is 0 Å². The molecule has 3 nitrogen and oxygen atoms in total. The summed E-state index contributed by atoms with van der Waals surface area (Å²) in [7, 11) is 0. The van der Waals surface area contributed by atoms with Gasteiger partial charge in [0, 0.05) is 19.4 Å². The van der Waals surface area contributed by atoms with Crippen LogP contribution in [0.4, 0.5) is 0 Å². The summed E-state index contributed by atoms with van der Waals surface area (Å²) in [6.07, 6.45) is 8.06. The van der Waals surface area contributed by atoms with Gasteiger partial charge in [0.2, 0.25) is 11.8 Å². The number of likely N-dealkylation sites (tertiary alicyclic amines) is 1. The number of hydrogen-bond donors (Lipinski definition) is 0. The van der Waals surface area contributed by atoms with Crippen LogP contribution >= 0.6 is 0 Å². The normalized spacial score (nSPS) is 18.9. The van der Waals surface area contributed by atoms with Gasteiger partial charge in [0.25, 0.3) is 0 Å². The predicted octanol–water partition coefficient (Wildman–Crippen LogP) is 4.24. The predicted molar refractivity (Wildman–Crippen MR) is 86.8 cm³/mol. The Morgan fingerprint density at radius 2 is 1.71 bits per heavy atom. The van der Waals surface area contributed by atoms with Crippen molar-refractivity contribution in [3.63, 3.8) is 0 Å². The van der Waals surface area contributed by atoms with Gasteiger partial charge in [-0.05, 0) is 45.4 Å². The standard InChI is InChI=1S/C18H29NO2/c1-6-18(5)12-16(20)19(17(21)13-18)11-10-15(4)9-7-8-14(2)3/h8,10H,6-7,9,11-13H2,1-5H3. The Morgan fingerprint density at radius 1 is 1.14 bits per heavy atom. The number of nitrogens with zero attached hydrogens (tertiary/aromatic N) is 1. The van der Waals surface area contributed by atoms with E-state index >= 15 is 0 Å². The summed E-state index contributed by atoms with van der Waals surface area (Å²) in [5.74, 6) is -0.0482. The summed E-state index contributed by atoms with van der Waals surface area (Å²) in [5.41, 5.74) is 2.41. The van der Waals surface area contributed by atoms with Crippen LogP contribution in [0.5, 0.6) is 0 Å². The smallest absolute Gasteiger partial charge is 0.230 e. The molecule has 21 heavy (non-hydrogen) atoms. The van der Waals surface area contributed by atoms with Gasteiger partial charge < -0.3 is 0 Å². The second-order valence-corrected chi connectivity index (χ2v) is 6.79. The maximum absolute atomic E-state index is 12.2. The molecule has 0 aliphatic carbocycles. The molecule has 0 aromatic heterocycles. The maximum atomic E-state index is 12.2. The van der Waals surface area contributed by atoms with Crippen LogP contribution in [0.1, 0.15) is 66.7 Å². The molecule has 3 heteroatoms. The van der Waals surface area contributed by atoms with Crippen molar-refractivity contribution in [2.75, 3.05) is 6.54 Å². The second-order valence-electron chi connectivity index (χ2n) is 6.79. The lowest BCUT2D eigenvalue weighted by Gasteiger charge is -2.36. The number of allylic oxidation sites excluding steroid dienone is 3. The molecule has 0 aromatic rings. The highest BCUT2D eigenvalue weighted by Gasteiger charge is 2.38. The first-order chi connectivity index (χ1) is 9.77. The lowest BCUT2D eigenvalue weighted by Crippen LogP contribution is -2.46.